The van der Waals surface area contributed by atoms with Crippen LogP contribution in [-0.2, 0) is 13.1 Å². The second-order valence-corrected chi connectivity index (χ2v) is 6.80. The highest BCUT2D eigenvalue weighted by atomic mass is 16.5. The van der Waals surface area contributed by atoms with E-state index >= 15 is 0 Å². The van der Waals surface area contributed by atoms with E-state index in [1.165, 1.54) is 11.1 Å². The van der Waals surface area contributed by atoms with E-state index < -0.39 is 0 Å². The zero-order valence-corrected chi connectivity index (χ0v) is 15.6. The minimum Gasteiger partial charge on any atom is -0.494 e. The van der Waals surface area contributed by atoms with E-state index in [1.807, 2.05) is 31.5 Å². The summed E-state index contributed by atoms with van der Waals surface area (Å²) in [5.74, 6) is 0.922. The lowest BCUT2D eigenvalue weighted by molar-refractivity contribution is 0.0499. The number of aliphatic hydroxyl groups excluding tert-OH is 1. The molecule has 5 nitrogen and oxygen atoms in total. The molecule has 2 aromatic rings. The van der Waals surface area contributed by atoms with Gasteiger partial charge in [0.2, 0.25) is 0 Å². The molecule has 1 atom stereocenters. The Bertz CT molecular complexity index is 648. The quantitative estimate of drug-likeness (QED) is 0.789. The lowest BCUT2D eigenvalue weighted by atomic mass is 10.1. The molecule has 1 aromatic heterocycles. The van der Waals surface area contributed by atoms with Gasteiger partial charge in [0.15, 0.2) is 0 Å². The molecule has 1 N–H and O–H groups in total. The smallest absolute Gasteiger partial charge is 0.119 e. The third kappa shape index (κ3) is 5.27. The Labute approximate surface area is 156 Å². The van der Waals surface area contributed by atoms with Gasteiger partial charge in [0, 0.05) is 57.8 Å². The van der Waals surface area contributed by atoms with Crippen molar-refractivity contribution in [3.8, 4) is 5.75 Å². The Morgan fingerprint density at radius 3 is 2.46 bits per heavy atom. The highest BCUT2D eigenvalue weighted by molar-refractivity contribution is 5.27. The van der Waals surface area contributed by atoms with Crippen molar-refractivity contribution in [2.45, 2.75) is 32.5 Å². The van der Waals surface area contributed by atoms with Gasteiger partial charge < -0.3 is 9.84 Å². The number of benzene rings is 1. The van der Waals surface area contributed by atoms with Crippen molar-refractivity contribution in [1.29, 1.82) is 0 Å². The molecule has 3 rings (SSSR count). The van der Waals surface area contributed by atoms with E-state index in [0.717, 1.165) is 44.9 Å². The molecule has 0 radical (unpaired) electrons. The van der Waals surface area contributed by atoms with E-state index in [1.54, 1.807) is 0 Å². The third-order valence-electron chi connectivity index (χ3n) is 4.93. The summed E-state index contributed by atoms with van der Waals surface area (Å²) in [6.07, 6.45) is 4.51. The molecule has 0 saturated carbocycles. The maximum atomic E-state index is 9.50. The summed E-state index contributed by atoms with van der Waals surface area (Å²) in [7, 11) is 0. The first-order valence-corrected chi connectivity index (χ1v) is 9.46. The molecule has 5 heteroatoms. The number of rotatable bonds is 8. The Hall–Kier alpha value is -1.95. The van der Waals surface area contributed by atoms with Crippen molar-refractivity contribution in [1.82, 2.24) is 14.8 Å². The highest BCUT2D eigenvalue weighted by Crippen LogP contribution is 2.20. The van der Waals surface area contributed by atoms with Gasteiger partial charge in [-0.25, -0.2) is 0 Å². The Kier molecular flexibility index (Phi) is 7.00. The molecule has 1 saturated heterocycles. The van der Waals surface area contributed by atoms with E-state index in [4.69, 9.17) is 4.74 Å². The molecular weight excluding hydrogens is 326 g/mol. The van der Waals surface area contributed by atoms with Crippen LogP contribution in [0.2, 0.25) is 0 Å². The van der Waals surface area contributed by atoms with Gasteiger partial charge in [0.05, 0.1) is 6.61 Å². The fourth-order valence-corrected chi connectivity index (χ4v) is 3.57. The maximum absolute atomic E-state index is 9.50. The monoisotopic (exact) mass is 355 g/mol. The molecule has 0 amide bonds. The molecule has 26 heavy (non-hydrogen) atoms. The lowest BCUT2D eigenvalue weighted by Crippen LogP contribution is -2.52. The van der Waals surface area contributed by atoms with Gasteiger partial charge in [-0.15, -0.1) is 0 Å². The first-order valence-electron chi connectivity index (χ1n) is 9.46. The van der Waals surface area contributed by atoms with Gasteiger partial charge in [-0.1, -0.05) is 12.1 Å². The van der Waals surface area contributed by atoms with Crippen LogP contribution in [0.1, 0.15) is 24.5 Å². The summed E-state index contributed by atoms with van der Waals surface area (Å²) in [4.78, 5) is 9.06. The summed E-state index contributed by atoms with van der Waals surface area (Å²) in [6.45, 7) is 7.83. The van der Waals surface area contributed by atoms with E-state index in [0.29, 0.717) is 12.6 Å². The van der Waals surface area contributed by atoms with Crippen LogP contribution in [0.5, 0.6) is 5.75 Å². The molecule has 1 aliphatic rings. The molecule has 0 unspecified atom stereocenters. The van der Waals surface area contributed by atoms with Crippen molar-refractivity contribution in [2.24, 2.45) is 0 Å². The first kappa shape index (κ1) is 18.8. The average molecular weight is 355 g/mol. The third-order valence-corrected chi connectivity index (χ3v) is 4.93. The SMILES string of the molecule is CCOc1ccc(CN2CCN(Cc3ccncc3)C[C@H]2CCO)cc1. The van der Waals surface area contributed by atoms with Crippen molar-refractivity contribution < 1.29 is 9.84 Å². The summed E-state index contributed by atoms with van der Waals surface area (Å²) in [5, 5.41) is 9.50. The number of nitrogens with zero attached hydrogens (tertiary/aromatic N) is 3. The van der Waals surface area contributed by atoms with E-state index in [-0.39, 0.29) is 6.61 Å². The van der Waals surface area contributed by atoms with Crippen LogP contribution in [0.3, 0.4) is 0 Å². The second kappa shape index (κ2) is 9.67. The normalized spacial score (nSPS) is 18.8. The topological polar surface area (TPSA) is 48.8 Å². The van der Waals surface area contributed by atoms with Gasteiger partial charge in [0.1, 0.15) is 5.75 Å². The van der Waals surface area contributed by atoms with Gasteiger partial charge in [-0.05, 0) is 48.7 Å². The number of aromatic nitrogens is 1. The minimum atomic E-state index is 0.230. The number of pyridine rings is 1. The van der Waals surface area contributed by atoms with Crippen molar-refractivity contribution >= 4 is 0 Å². The molecule has 0 aliphatic carbocycles. The van der Waals surface area contributed by atoms with Crippen LogP contribution in [-0.4, -0.2) is 58.8 Å². The molecular formula is C21H29N3O2. The number of aliphatic hydroxyl groups is 1. The fourth-order valence-electron chi connectivity index (χ4n) is 3.57. The summed E-state index contributed by atoms with van der Waals surface area (Å²) in [5.41, 5.74) is 2.58. The van der Waals surface area contributed by atoms with Gasteiger partial charge in [0.25, 0.3) is 0 Å². The van der Waals surface area contributed by atoms with Gasteiger partial charge >= 0.3 is 0 Å². The van der Waals surface area contributed by atoms with Crippen LogP contribution in [0.15, 0.2) is 48.8 Å². The number of ether oxygens (including phenoxy) is 1. The van der Waals surface area contributed by atoms with E-state index in [2.05, 4.69) is 39.0 Å². The molecule has 140 valence electrons. The average Bonchev–Trinajstić information content (AvgIpc) is 2.67. The summed E-state index contributed by atoms with van der Waals surface area (Å²) < 4.78 is 5.52. The standard InChI is InChI=1S/C21H29N3O2/c1-2-26-21-5-3-18(4-6-21)16-24-13-12-23(17-20(24)9-14-25)15-19-7-10-22-11-8-19/h3-8,10-11,20,25H,2,9,12-17H2,1H3/t20-/m1/s1. The predicted octanol–water partition coefficient (Wildman–Crippen LogP) is 2.55. The first-order chi connectivity index (χ1) is 12.8. The van der Waals surface area contributed by atoms with Crippen LogP contribution in [0.4, 0.5) is 0 Å². The molecule has 1 aromatic carbocycles. The molecule has 1 aliphatic heterocycles. The largest absolute Gasteiger partial charge is 0.494 e. The fraction of sp³-hybridized carbons (Fsp3) is 0.476. The maximum Gasteiger partial charge on any atom is 0.119 e. The van der Waals surface area contributed by atoms with Gasteiger partial charge in [-0.2, -0.15) is 0 Å². The van der Waals surface area contributed by atoms with Crippen molar-refractivity contribution in [3.05, 3.63) is 59.9 Å². The number of hydrogen-bond acceptors (Lipinski definition) is 5. The van der Waals surface area contributed by atoms with Crippen LogP contribution in [0.25, 0.3) is 0 Å². The molecule has 1 fully saturated rings. The van der Waals surface area contributed by atoms with Crippen molar-refractivity contribution in [3.63, 3.8) is 0 Å². The molecule has 0 bridgehead atoms. The minimum absolute atomic E-state index is 0.230. The summed E-state index contributed by atoms with van der Waals surface area (Å²) >= 11 is 0. The van der Waals surface area contributed by atoms with Crippen molar-refractivity contribution in [2.75, 3.05) is 32.8 Å². The van der Waals surface area contributed by atoms with Crippen LogP contribution < -0.4 is 4.74 Å². The Morgan fingerprint density at radius 1 is 1.04 bits per heavy atom. The van der Waals surface area contributed by atoms with Gasteiger partial charge in [-0.3, -0.25) is 14.8 Å². The predicted molar refractivity (Wildman–Crippen MR) is 103 cm³/mol. The lowest BCUT2D eigenvalue weighted by Gasteiger charge is -2.41. The molecule has 0 spiro atoms. The number of hydrogen-bond donors (Lipinski definition) is 1. The Morgan fingerprint density at radius 2 is 1.77 bits per heavy atom. The second-order valence-electron chi connectivity index (χ2n) is 6.80. The number of piperazine rings is 1. The highest BCUT2D eigenvalue weighted by Gasteiger charge is 2.26. The van der Waals surface area contributed by atoms with Crippen LogP contribution >= 0.6 is 0 Å². The van der Waals surface area contributed by atoms with Crippen LogP contribution in [0, 0.1) is 0 Å². The summed E-state index contributed by atoms with van der Waals surface area (Å²) in [6, 6.07) is 12.9. The van der Waals surface area contributed by atoms with E-state index in [9.17, 15) is 5.11 Å². The molecule has 2 heterocycles. The zero-order chi connectivity index (χ0) is 18.2. The zero-order valence-electron chi connectivity index (χ0n) is 15.6. The Balaban J connectivity index is 1.59.